The van der Waals surface area contributed by atoms with Gasteiger partial charge in [0.25, 0.3) is 5.92 Å². The fourth-order valence-corrected chi connectivity index (χ4v) is 3.10. The molecule has 0 saturated heterocycles. The van der Waals surface area contributed by atoms with E-state index in [1.165, 1.54) is 23.3 Å². The van der Waals surface area contributed by atoms with Crippen LogP contribution in [0.5, 0.6) is 0 Å². The highest BCUT2D eigenvalue weighted by Gasteiger charge is 2.32. The van der Waals surface area contributed by atoms with Crippen molar-refractivity contribution < 1.29 is 8.78 Å². The molecule has 0 spiro atoms. The molecule has 2 heterocycles. The molecule has 0 radical (unpaired) electrons. The average Bonchev–Trinajstić information content (AvgIpc) is 3.10. The number of alkyl halides is 2. The molecule has 1 aliphatic rings. The van der Waals surface area contributed by atoms with Crippen molar-refractivity contribution in [3.8, 4) is 0 Å². The Bertz CT molecular complexity index is 914. The Hall–Kier alpha value is -2.76. The minimum Gasteiger partial charge on any atom is -0.383 e. The van der Waals surface area contributed by atoms with Crippen molar-refractivity contribution in [3.05, 3.63) is 60.2 Å². The quantitative estimate of drug-likeness (QED) is 0.804. The van der Waals surface area contributed by atoms with Crippen molar-refractivity contribution in [3.63, 3.8) is 0 Å². The van der Waals surface area contributed by atoms with E-state index in [4.69, 9.17) is 5.73 Å². The lowest BCUT2D eigenvalue weighted by molar-refractivity contribution is -0.0157. The van der Waals surface area contributed by atoms with Crippen LogP contribution in [-0.4, -0.2) is 21.3 Å². The first-order valence-corrected chi connectivity index (χ1v) is 7.26. The van der Waals surface area contributed by atoms with E-state index in [-0.39, 0.29) is 6.42 Å². The van der Waals surface area contributed by atoms with Crippen LogP contribution in [0.15, 0.2) is 54.0 Å². The average molecular weight is 312 g/mol. The van der Waals surface area contributed by atoms with Crippen LogP contribution in [0.2, 0.25) is 0 Å². The van der Waals surface area contributed by atoms with Gasteiger partial charge in [-0.25, -0.2) is 18.8 Å². The number of aromatic nitrogens is 2. The van der Waals surface area contributed by atoms with Gasteiger partial charge in [-0.05, 0) is 17.0 Å². The maximum Gasteiger partial charge on any atom is 0.269 e. The zero-order valence-corrected chi connectivity index (χ0v) is 12.2. The third kappa shape index (κ3) is 2.36. The highest BCUT2D eigenvalue weighted by molar-refractivity contribution is 6.19. The molecule has 1 aromatic heterocycles. The third-order valence-corrected chi connectivity index (χ3v) is 4.03. The van der Waals surface area contributed by atoms with Gasteiger partial charge in [0.1, 0.15) is 5.84 Å². The van der Waals surface area contributed by atoms with Gasteiger partial charge in [-0.15, -0.1) is 0 Å². The van der Waals surface area contributed by atoms with Gasteiger partial charge < -0.3 is 10.3 Å². The van der Waals surface area contributed by atoms with Gasteiger partial charge in [0.15, 0.2) is 0 Å². The number of hydrogen-bond acceptors (Lipinski definition) is 3. The molecule has 0 unspecified atom stereocenters. The first-order valence-electron chi connectivity index (χ1n) is 7.26. The van der Waals surface area contributed by atoms with Crippen molar-refractivity contribution in [1.29, 1.82) is 0 Å². The standard InChI is InChI=1S/C17H14F2N4/c18-17(19,9-23-7-6-21-10-23)8-12-5-4-11-2-1-3-13-14(11)15(12)16(20)22-13/h1-7,10H,8-9H2,(H2,20,22). The van der Waals surface area contributed by atoms with Crippen LogP contribution < -0.4 is 5.73 Å². The number of aliphatic imine (C=N–C) groups is 1. The van der Waals surface area contributed by atoms with E-state index in [2.05, 4.69) is 9.98 Å². The van der Waals surface area contributed by atoms with E-state index in [1.54, 1.807) is 6.07 Å². The number of nitrogens with zero attached hydrogens (tertiary/aromatic N) is 3. The molecule has 2 N–H and O–H groups in total. The second-order valence-corrected chi connectivity index (χ2v) is 5.74. The number of rotatable bonds is 4. The molecule has 116 valence electrons. The van der Waals surface area contributed by atoms with Gasteiger partial charge >= 0.3 is 0 Å². The van der Waals surface area contributed by atoms with Crippen LogP contribution in [0.25, 0.3) is 10.8 Å². The maximum atomic E-state index is 14.4. The van der Waals surface area contributed by atoms with E-state index < -0.39 is 12.5 Å². The third-order valence-electron chi connectivity index (χ3n) is 4.03. The Morgan fingerprint density at radius 3 is 2.83 bits per heavy atom. The number of nitrogens with two attached hydrogens (primary N) is 1. The predicted octanol–water partition coefficient (Wildman–Crippen LogP) is 3.26. The Balaban J connectivity index is 1.74. The molecule has 23 heavy (non-hydrogen) atoms. The van der Waals surface area contributed by atoms with Gasteiger partial charge in [0.2, 0.25) is 0 Å². The summed E-state index contributed by atoms with van der Waals surface area (Å²) in [5, 5.41) is 1.82. The van der Waals surface area contributed by atoms with E-state index in [1.807, 2.05) is 24.3 Å². The molecule has 1 aliphatic heterocycles. The monoisotopic (exact) mass is 312 g/mol. The zero-order chi connectivity index (χ0) is 16.0. The van der Waals surface area contributed by atoms with E-state index in [9.17, 15) is 8.78 Å². The largest absolute Gasteiger partial charge is 0.383 e. The first kappa shape index (κ1) is 13.9. The summed E-state index contributed by atoms with van der Waals surface area (Å²) in [6.07, 6.45) is 4.02. The van der Waals surface area contributed by atoms with Gasteiger partial charge in [-0.2, -0.15) is 0 Å². The lowest BCUT2D eigenvalue weighted by atomic mass is 9.95. The Morgan fingerprint density at radius 1 is 1.17 bits per heavy atom. The highest BCUT2D eigenvalue weighted by atomic mass is 19.3. The summed E-state index contributed by atoms with van der Waals surface area (Å²) in [5.41, 5.74) is 7.90. The van der Waals surface area contributed by atoms with Crippen molar-refractivity contribution in [1.82, 2.24) is 9.55 Å². The SMILES string of the molecule is NC1=Nc2cccc3ccc(CC(F)(F)Cn4ccnc4)c1c23. The molecule has 4 rings (SSSR count). The molecule has 0 atom stereocenters. The number of hydrogen-bond donors (Lipinski definition) is 1. The van der Waals surface area contributed by atoms with Crippen LogP contribution in [-0.2, 0) is 13.0 Å². The van der Waals surface area contributed by atoms with Crippen molar-refractivity contribution in [2.24, 2.45) is 10.7 Å². The van der Waals surface area contributed by atoms with Crippen molar-refractivity contribution >= 4 is 22.3 Å². The van der Waals surface area contributed by atoms with Crippen molar-refractivity contribution in [2.75, 3.05) is 0 Å². The summed E-state index contributed by atoms with van der Waals surface area (Å²) in [4.78, 5) is 8.10. The number of amidine groups is 1. The summed E-state index contributed by atoms with van der Waals surface area (Å²) in [6.45, 7) is -0.414. The Kier molecular flexibility index (Phi) is 2.94. The van der Waals surface area contributed by atoms with Crippen LogP contribution in [0.3, 0.4) is 0 Å². The summed E-state index contributed by atoms with van der Waals surface area (Å²) in [7, 11) is 0. The molecule has 0 aliphatic carbocycles. The highest BCUT2D eigenvalue weighted by Crippen LogP contribution is 2.37. The second-order valence-electron chi connectivity index (χ2n) is 5.74. The smallest absolute Gasteiger partial charge is 0.269 e. The van der Waals surface area contributed by atoms with E-state index in [0.29, 0.717) is 17.0 Å². The maximum absolute atomic E-state index is 14.4. The van der Waals surface area contributed by atoms with E-state index >= 15 is 0 Å². The molecule has 4 nitrogen and oxygen atoms in total. The Labute approximate surface area is 131 Å². The molecule has 3 aromatic rings. The van der Waals surface area contributed by atoms with Crippen LogP contribution >= 0.6 is 0 Å². The lowest BCUT2D eigenvalue weighted by Crippen LogP contribution is -2.27. The molecule has 2 aromatic carbocycles. The fourth-order valence-electron chi connectivity index (χ4n) is 3.10. The molecule has 0 saturated carbocycles. The topological polar surface area (TPSA) is 56.2 Å². The molecule has 0 bridgehead atoms. The van der Waals surface area contributed by atoms with Crippen molar-refractivity contribution in [2.45, 2.75) is 18.9 Å². The fraction of sp³-hybridized carbons (Fsp3) is 0.176. The molecule has 0 fully saturated rings. The van der Waals surface area contributed by atoms with Gasteiger partial charge in [0.05, 0.1) is 18.6 Å². The molecular formula is C17H14F2N4. The minimum absolute atomic E-state index is 0.310. The lowest BCUT2D eigenvalue weighted by Gasteiger charge is -2.19. The van der Waals surface area contributed by atoms with Crippen LogP contribution in [0.4, 0.5) is 14.5 Å². The van der Waals surface area contributed by atoms with Gasteiger partial charge in [0, 0.05) is 29.8 Å². The first-order chi connectivity index (χ1) is 11.0. The summed E-state index contributed by atoms with van der Waals surface area (Å²) in [5.74, 6) is -2.59. The molecular weight excluding hydrogens is 298 g/mol. The molecule has 0 amide bonds. The number of halogens is 2. The number of benzene rings is 2. The number of imidazole rings is 1. The molecule has 6 heteroatoms. The summed E-state index contributed by atoms with van der Waals surface area (Å²) in [6, 6.07) is 9.23. The normalized spacial score (nSPS) is 13.6. The van der Waals surface area contributed by atoms with Crippen LogP contribution in [0, 0.1) is 0 Å². The predicted molar refractivity (Wildman–Crippen MR) is 85.2 cm³/mol. The zero-order valence-electron chi connectivity index (χ0n) is 12.2. The van der Waals surface area contributed by atoms with E-state index in [0.717, 1.165) is 16.5 Å². The Morgan fingerprint density at radius 2 is 2.04 bits per heavy atom. The summed E-state index contributed by atoms with van der Waals surface area (Å²) >= 11 is 0. The minimum atomic E-state index is -2.90. The summed E-state index contributed by atoms with van der Waals surface area (Å²) < 4.78 is 30.2. The second kappa shape index (κ2) is 4.87. The van der Waals surface area contributed by atoms with Gasteiger partial charge in [-0.1, -0.05) is 24.3 Å². The van der Waals surface area contributed by atoms with Gasteiger partial charge in [-0.3, -0.25) is 0 Å². The van der Waals surface area contributed by atoms with Crippen LogP contribution in [0.1, 0.15) is 11.1 Å².